The lowest BCUT2D eigenvalue weighted by Gasteiger charge is -2.17. The quantitative estimate of drug-likeness (QED) is 0.223. The number of hydrogen-bond donors (Lipinski definition) is 6. The highest BCUT2D eigenvalue weighted by Crippen LogP contribution is 2.66. The van der Waals surface area contributed by atoms with E-state index in [-0.39, 0.29) is 18.6 Å². The molecule has 18 nitrogen and oxygen atoms in total. The lowest BCUT2D eigenvalue weighted by atomic mass is 10.4. The molecule has 2 fully saturated rings. The number of nitrogens with zero attached hydrogens (tertiary/aromatic N) is 4. The van der Waals surface area contributed by atoms with E-state index in [0.29, 0.717) is 17.0 Å². The van der Waals surface area contributed by atoms with Gasteiger partial charge in [-0.15, -0.1) is 0 Å². The van der Waals surface area contributed by atoms with Crippen LogP contribution < -0.4 is 11.1 Å². The number of phosphoric acid groups is 3. The fourth-order valence-corrected chi connectivity index (χ4v) is 5.81. The Bertz CT molecular complexity index is 1180. The van der Waals surface area contributed by atoms with Crippen molar-refractivity contribution in [2.45, 2.75) is 31.4 Å². The Hall–Kier alpha value is -1.52. The third-order valence-electron chi connectivity index (χ3n) is 4.19. The molecule has 1 saturated heterocycles. The first kappa shape index (κ1) is 24.6. The van der Waals surface area contributed by atoms with Crippen molar-refractivity contribution in [3.8, 4) is 0 Å². The zero-order valence-electron chi connectivity index (χ0n) is 16.4. The summed E-state index contributed by atoms with van der Waals surface area (Å²) >= 11 is 0. The number of nitrogens with one attached hydrogen (secondary N) is 1. The molecule has 0 bridgehead atoms. The van der Waals surface area contributed by atoms with Gasteiger partial charge in [0, 0.05) is 6.04 Å². The summed E-state index contributed by atoms with van der Waals surface area (Å²) in [6.45, 7) is -0.802. The molecular weight excluding hydrogens is 513 g/mol. The van der Waals surface area contributed by atoms with Gasteiger partial charge in [-0.05, 0) is 12.8 Å². The fourth-order valence-electron chi connectivity index (χ4n) is 2.80. The first-order chi connectivity index (χ1) is 15.3. The Labute approximate surface area is 184 Å². The predicted octanol–water partition coefficient (Wildman–Crippen LogP) is 0.198. The topological polar surface area (TPSA) is 260 Å². The minimum atomic E-state index is -5.62. The number of fused-ring (bicyclic) bond motifs is 1. The van der Waals surface area contributed by atoms with Gasteiger partial charge in [0.1, 0.15) is 6.61 Å². The second kappa shape index (κ2) is 8.92. The summed E-state index contributed by atoms with van der Waals surface area (Å²) in [6, 6.07) is 0.290. The van der Waals surface area contributed by atoms with Gasteiger partial charge in [-0.1, -0.05) is 0 Å². The normalized spacial score (nSPS) is 25.1. The van der Waals surface area contributed by atoms with Crippen LogP contribution in [0.2, 0.25) is 0 Å². The standard InChI is InChI=1S/C12H19N6O12P3/c13-12-16-10(15-6-1-2-6)9-11(17-12)18(5-14-9)7-3-26-8(28-7)4-27-32(22,23)30-33(24,25)29-31(19,20)21/h5-8H,1-4H2,(H,22,23)(H,24,25)(H2,19,20,21)(H3,13,15,16,17)/t7-,8-/m1/s1. The van der Waals surface area contributed by atoms with Crippen LogP contribution in [0.1, 0.15) is 19.1 Å². The number of nitrogen functional groups attached to an aromatic ring is 1. The van der Waals surface area contributed by atoms with Crippen LogP contribution in [0.4, 0.5) is 11.8 Å². The molecule has 1 aliphatic heterocycles. The van der Waals surface area contributed by atoms with Crippen LogP contribution in [0, 0.1) is 0 Å². The molecule has 1 aliphatic carbocycles. The van der Waals surface area contributed by atoms with Crippen LogP contribution >= 0.6 is 23.5 Å². The number of aromatic nitrogens is 4. The number of phosphoric ester groups is 1. The summed E-state index contributed by atoms with van der Waals surface area (Å²) in [5, 5.41) is 3.21. The van der Waals surface area contributed by atoms with E-state index in [1.807, 2.05) is 0 Å². The van der Waals surface area contributed by atoms with Crippen molar-refractivity contribution in [1.29, 1.82) is 0 Å². The maximum atomic E-state index is 11.8. The summed E-state index contributed by atoms with van der Waals surface area (Å²) in [4.78, 5) is 48.3. The molecule has 33 heavy (non-hydrogen) atoms. The summed E-state index contributed by atoms with van der Waals surface area (Å²) in [7, 11) is -16.4. The first-order valence-electron chi connectivity index (χ1n) is 9.12. The van der Waals surface area contributed by atoms with E-state index in [4.69, 9.17) is 29.9 Å². The number of nitrogens with two attached hydrogens (primary N) is 1. The third kappa shape index (κ3) is 6.54. The number of hydrogen-bond acceptors (Lipinski definition) is 13. The average molecular weight is 532 g/mol. The Kier molecular flexibility index (Phi) is 6.65. The Balaban J connectivity index is 1.38. The van der Waals surface area contributed by atoms with Crippen molar-refractivity contribution in [1.82, 2.24) is 19.5 Å². The molecule has 21 heteroatoms. The third-order valence-corrected chi connectivity index (χ3v) is 7.99. The second-order valence-electron chi connectivity index (χ2n) is 6.91. The molecule has 184 valence electrons. The molecule has 2 aromatic heterocycles. The second-order valence-corrected chi connectivity index (χ2v) is 11.3. The molecule has 4 rings (SSSR count). The number of imidazole rings is 1. The van der Waals surface area contributed by atoms with E-state index in [1.165, 1.54) is 10.9 Å². The van der Waals surface area contributed by atoms with Crippen LogP contribution in [0.5, 0.6) is 0 Å². The fraction of sp³-hybridized carbons (Fsp3) is 0.583. The first-order valence-corrected chi connectivity index (χ1v) is 13.6. The Morgan fingerprint density at radius 1 is 1.15 bits per heavy atom. The average Bonchev–Trinajstić information content (AvgIpc) is 3.17. The smallest absolute Gasteiger partial charge is 0.368 e. The molecule has 2 unspecified atom stereocenters. The Morgan fingerprint density at radius 3 is 2.55 bits per heavy atom. The highest BCUT2D eigenvalue weighted by molar-refractivity contribution is 7.66. The Morgan fingerprint density at radius 2 is 1.88 bits per heavy atom. The summed E-state index contributed by atoms with van der Waals surface area (Å²) in [5.74, 6) is 0.484. The van der Waals surface area contributed by atoms with Crippen LogP contribution in [-0.4, -0.2) is 64.6 Å². The van der Waals surface area contributed by atoms with E-state index in [9.17, 15) is 18.6 Å². The SMILES string of the molecule is Nc1nc(NC2CC2)c2ncn([C@H]3CO[C@@H](COP(=O)(O)OP(=O)(O)OP(=O)(O)O)O3)c2n1. The van der Waals surface area contributed by atoms with E-state index >= 15 is 0 Å². The molecule has 0 amide bonds. The van der Waals surface area contributed by atoms with Crippen molar-refractivity contribution >= 4 is 46.4 Å². The highest BCUT2D eigenvalue weighted by atomic mass is 31.3. The van der Waals surface area contributed by atoms with E-state index in [2.05, 4.69) is 33.4 Å². The van der Waals surface area contributed by atoms with E-state index in [1.54, 1.807) is 0 Å². The minimum Gasteiger partial charge on any atom is -0.368 e. The van der Waals surface area contributed by atoms with Gasteiger partial charge in [-0.3, -0.25) is 9.09 Å². The molecule has 2 aliphatic rings. The van der Waals surface area contributed by atoms with Crippen molar-refractivity contribution in [3.63, 3.8) is 0 Å². The number of anilines is 2. The lowest BCUT2D eigenvalue weighted by Crippen LogP contribution is -2.17. The molecule has 2 aromatic rings. The molecule has 1 saturated carbocycles. The van der Waals surface area contributed by atoms with Crippen molar-refractivity contribution in [3.05, 3.63) is 6.33 Å². The maximum absolute atomic E-state index is 11.8. The van der Waals surface area contributed by atoms with Gasteiger partial charge in [-0.25, -0.2) is 18.7 Å². The van der Waals surface area contributed by atoms with E-state index in [0.717, 1.165) is 12.8 Å². The molecule has 7 N–H and O–H groups in total. The number of rotatable bonds is 10. The van der Waals surface area contributed by atoms with Crippen molar-refractivity contribution in [2.24, 2.45) is 0 Å². The van der Waals surface area contributed by atoms with Crippen molar-refractivity contribution in [2.75, 3.05) is 24.3 Å². The van der Waals surface area contributed by atoms with Crippen LogP contribution in [0.15, 0.2) is 6.33 Å². The van der Waals surface area contributed by atoms with Gasteiger partial charge in [0.25, 0.3) is 0 Å². The molecule has 3 heterocycles. The molecular formula is C12H19N6O12P3. The van der Waals surface area contributed by atoms with Gasteiger partial charge in [0.15, 0.2) is 29.5 Å². The van der Waals surface area contributed by atoms with Gasteiger partial charge >= 0.3 is 23.5 Å². The lowest BCUT2D eigenvalue weighted by molar-refractivity contribution is -0.0961. The minimum absolute atomic E-state index is 0.00974. The molecule has 0 aromatic carbocycles. The largest absolute Gasteiger partial charge is 0.490 e. The van der Waals surface area contributed by atoms with Gasteiger partial charge in [-0.2, -0.15) is 18.6 Å². The van der Waals surface area contributed by atoms with Crippen LogP contribution in [0.3, 0.4) is 0 Å². The van der Waals surface area contributed by atoms with Gasteiger partial charge < -0.3 is 40.1 Å². The van der Waals surface area contributed by atoms with Gasteiger partial charge in [0.2, 0.25) is 5.95 Å². The zero-order valence-corrected chi connectivity index (χ0v) is 19.1. The summed E-state index contributed by atoms with van der Waals surface area (Å²) in [6.07, 6.45) is 1.43. The maximum Gasteiger partial charge on any atom is 0.490 e. The summed E-state index contributed by atoms with van der Waals surface area (Å²) in [5.41, 5.74) is 6.60. The predicted molar refractivity (Wildman–Crippen MR) is 106 cm³/mol. The monoisotopic (exact) mass is 532 g/mol. The number of ether oxygens (including phenoxy) is 2. The highest BCUT2D eigenvalue weighted by Gasteiger charge is 2.41. The zero-order chi connectivity index (χ0) is 24.0. The van der Waals surface area contributed by atoms with Crippen LogP contribution in [0.25, 0.3) is 11.2 Å². The van der Waals surface area contributed by atoms with Crippen LogP contribution in [-0.2, 0) is 36.3 Å². The van der Waals surface area contributed by atoms with E-state index < -0.39 is 42.6 Å². The van der Waals surface area contributed by atoms with Crippen molar-refractivity contribution < 1.29 is 55.9 Å². The molecule has 0 spiro atoms. The molecule has 0 radical (unpaired) electrons. The summed E-state index contributed by atoms with van der Waals surface area (Å²) < 4.78 is 58.0. The van der Waals surface area contributed by atoms with Gasteiger partial charge in [0.05, 0.1) is 12.9 Å². The molecule has 4 atom stereocenters.